The molecule has 112 valence electrons. The van der Waals surface area contributed by atoms with Crippen LogP contribution in [0, 0.1) is 12.3 Å². The molecular weight excluding hydrogens is 246 g/mol. The van der Waals surface area contributed by atoms with E-state index in [-0.39, 0.29) is 0 Å². The minimum atomic E-state index is 0.409. The zero-order valence-electron chi connectivity index (χ0n) is 13.1. The molecule has 1 saturated carbocycles. The van der Waals surface area contributed by atoms with Crippen molar-refractivity contribution >= 4 is 0 Å². The fourth-order valence-corrected chi connectivity index (χ4v) is 3.33. The van der Waals surface area contributed by atoms with Gasteiger partial charge in [-0.1, -0.05) is 25.3 Å². The molecule has 1 aromatic rings. The first-order valence-corrected chi connectivity index (χ1v) is 7.95. The summed E-state index contributed by atoms with van der Waals surface area (Å²) in [6, 6.07) is 6.26. The van der Waals surface area contributed by atoms with Crippen molar-refractivity contribution in [1.29, 1.82) is 0 Å². The standard InChI is InChI=1S/C17H29N3/c1-15-7-6-8-16(19-15)13-20(2)12-11-17(14-18)9-4-3-5-10-17/h6-8H,3-5,9-14,18H2,1-2H3. The monoisotopic (exact) mass is 275 g/mol. The molecule has 0 radical (unpaired) electrons. The van der Waals surface area contributed by atoms with E-state index < -0.39 is 0 Å². The van der Waals surface area contributed by atoms with Gasteiger partial charge in [-0.3, -0.25) is 4.98 Å². The lowest BCUT2D eigenvalue weighted by Crippen LogP contribution is -2.36. The second-order valence-electron chi connectivity index (χ2n) is 6.52. The summed E-state index contributed by atoms with van der Waals surface area (Å²) in [6.07, 6.45) is 7.98. The quantitative estimate of drug-likeness (QED) is 0.867. The number of aryl methyl sites for hydroxylation is 1. The number of rotatable bonds is 6. The maximum atomic E-state index is 6.07. The Hall–Kier alpha value is -0.930. The van der Waals surface area contributed by atoms with Crippen LogP contribution in [0.25, 0.3) is 0 Å². The maximum absolute atomic E-state index is 6.07. The van der Waals surface area contributed by atoms with Crippen molar-refractivity contribution in [2.24, 2.45) is 11.1 Å². The van der Waals surface area contributed by atoms with Gasteiger partial charge in [0, 0.05) is 12.2 Å². The number of pyridine rings is 1. The van der Waals surface area contributed by atoms with E-state index in [1.165, 1.54) is 38.5 Å². The van der Waals surface area contributed by atoms with Crippen LogP contribution in [0.5, 0.6) is 0 Å². The van der Waals surface area contributed by atoms with Gasteiger partial charge in [0.2, 0.25) is 0 Å². The Kier molecular flexibility index (Phi) is 5.55. The van der Waals surface area contributed by atoms with E-state index in [0.29, 0.717) is 5.41 Å². The lowest BCUT2D eigenvalue weighted by Gasteiger charge is -2.37. The molecule has 3 nitrogen and oxygen atoms in total. The number of hydrogen-bond donors (Lipinski definition) is 1. The first-order chi connectivity index (χ1) is 9.63. The fraction of sp³-hybridized carbons (Fsp3) is 0.706. The van der Waals surface area contributed by atoms with E-state index in [0.717, 1.165) is 31.0 Å². The number of nitrogens with zero attached hydrogens (tertiary/aromatic N) is 2. The van der Waals surface area contributed by atoms with Crippen LogP contribution in [-0.2, 0) is 6.54 Å². The molecular formula is C17H29N3. The summed E-state index contributed by atoms with van der Waals surface area (Å²) in [6.45, 7) is 4.95. The van der Waals surface area contributed by atoms with E-state index in [4.69, 9.17) is 5.73 Å². The molecule has 0 amide bonds. The van der Waals surface area contributed by atoms with Gasteiger partial charge < -0.3 is 10.6 Å². The summed E-state index contributed by atoms with van der Waals surface area (Å²) in [7, 11) is 2.19. The molecule has 1 heterocycles. The Balaban J connectivity index is 1.83. The summed E-state index contributed by atoms with van der Waals surface area (Å²) in [5.74, 6) is 0. The summed E-state index contributed by atoms with van der Waals surface area (Å²) < 4.78 is 0. The van der Waals surface area contributed by atoms with Crippen molar-refractivity contribution < 1.29 is 0 Å². The first-order valence-electron chi connectivity index (χ1n) is 7.95. The fourth-order valence-electron chi connectivity index (χ4n) is 3.33. The van der Waals surface area contributed by atoms with Crippen molar-refractivity contribution in [2.45, 2.75) is 52.0 Å². The molecule has 3 heteroatoms. The third-order valence-corrected chi connectivity index (χ3v) is 4.75. The zero-order chi connectivity index (χ0) is 14.4. The van der Waals surface area contributed by atoms with Crippen molar-refractivity contribution in [3.05, 3.63) is 29.6 Å². The molecule has 1 aliphatic carbocycles. The summed E-state index contributed by atoms with van der Waals surface area (Å²) >= 11 is 0. The topological polar surface area (TPSA) is 42.1 Å². The van der Waals surface area contributed by atoms with Crippen molar-refractivity contribution in [3.63, 3.8) is 0 Å². The molecule has 0 spiro atoms. The average molecular weight is 275 g/mol. The highest BCUT2D eigenvalue weighted by molar-refractivity contribution is 5.09. The average Bonchev–Trinajstić information content (AvgIpc) is 2.46. The molecule has 2 rings (SSSR count). The zero-order valence-corrected chi connectivity index (χ0v) is 13.1. The maximum Gasteiger partial charge on any atom is 0.0547 e. The van der Waals surface area contributed by atoms with Crippen LogP contribution in [-0.4, -0.2) is 30.0 Å². The summed E-state index contributed by atoms with van der Waals surface area (Å²) in [4.78, 5) is 6.96. The van der Waals surface area contributed by atoms with Crippen molar-refractivity contribution in [2.75, 3.05) is 20.1 Å². The first kappa shape index (κ1) is 15.5. The third-order valence-electron chi connectivity index (χ3n) is 4.75. The Bertz CT molecular complexity index is 410. The Morgan fingerprint density at radius 2 is 2.00 bits per heavy atom. The van der Waals surface area contributed by atoms with Crippen LogP contribution in [0.15, 0.2) is 18.2 Å². The Labute approximate surface area is 123 Å². The SMILES string of the molecule is Cc1cccc(CN(C)CCC2(CN)CCCCC2)n1. The second kappa shape index (κ2) is 7.19. The van der Waals surface area contributed by atoms with Gasteiger partial charge in [0.05, 0.1) is 5.69 Å². The third kappa shape index (κ3) is 4.29. The Morgan fingerprint density at radius 3 is 2.65 bits per heavy atom. The smallest absolute Gasteiger partial charge is 0.0547 e. The molecule has 1 aliphatic rings. The molecule has 0 aliphatic heterocycles. The van der Waals surface area contributed by atoms with E-state index in [1.807, 2.05) is 0 Å². The second-order valence-corrected chi connectivity index (χ2v) is 6.52. The number of aromatic nitrogens is 1. The summed E-state index contributed by atoms with van der Waals surface area (Å²) in [5.41, 5.74) is 8.74. The van der Waals surface area contributed by atoms with Gasteiger partial charge in [0.15, 0.2) is 0 Å². The van der Waals surface area contributed by atoms with E-state index in [2.05, 4.69) is 42.1 Å². The van der Waals surface area contributed by atoms with Gasteiger partial charge in [0.1, 0.15) is 0 Å². The normalized spacial score (nSPS) is 18.4. The van der Waals surface area contributed by atoms with Crippen LogP contribution in [0.4, 0.5) is 0 Å². The van der Waals surface area contributed by atoms with Crippen LogP contribution < -0.4 is 5.73 Å². The van der Waals surface area contributed by atoms with Crippen LogP contribution in [0.1, 0.15) is 49.9 Å². The lowest BCUT2D eigenvalue weighted by atomic mass is 9.72. The minimum absolute atomic E-state index is 0.409. The predicted molar refractivity (Wildman–Crippen MR) is 84.5 cm³/mol. The highest BCUT2D eigenvalue weighted by Crippen LogP contribution is 2.38. The highest BCUT2D eigenvalue weighted by Gasteiger charge is 2.30. The molecule has 0 atom stereocenters. The van der Waals surface area contributed by atoms with Crippen molar-refractivity contribution in [1.82, 2.24) is 9.88 Å². The summed E-state index contributed by atoms with van der Waals surface area (Å²) in [5, 5.41) is 0. The van der Waals surface area contributed by atoms with Gasteiger partial charge >= 0.3 is 0 Å². The lowest BCUT2D eigenvalue weighted by molar-refractivity contribution is 0.154. The van der Waals surface area contributed by atoms with Gasteiger partial charge in [-0.15, -0.1) is 0 Å². The molecule has 20 heavy (non-hydrogen) atoms. The predicted octanol–water partition coefficient (Wildman–Crippen LogP) is 3.12. The molecule has 2 N–H and O–H groups in total. The molecule has 1 aromatic heterocycles. The van der Waals surface area contributed by atoms with Gasteiger partial charge in [-0.05, 0) is 63.9 Å². The van der Waals surface area contributed by atoms with E-state index in [9.17, 15) is 0 Å². The highest BCUT2D eigenvalue weighted by atomic mass is 15.1. The molecule has 0 unspecified atom stereocenters. The Morgan fingerprint density at radius 1 is 1.25 bits per heavy atom. The van der Waals surface area contributed by atoms with Gasteiger partial charge in [-0.2, -0.15) is 0 Å². The molecule has 0 saturated heterocycles. The number of nitrogens with two attached hydrogens (primary N) is 1. The number of hydrogen-bond acceptors (Lipinski definition) is 3. The van der Waals surface area contributed by atoms with Crippen LogP contribution >= 0.6 is 0 Å². The molecule has 0 bridgehead atoms. The minimum Gasteiger partial charge on any atom is -0.330 e. The molecule has 1 fully saturated rings. The molecule has 0 aromatic carbocycles. The van der Waals surface area contributed by atoms with Crippen molar-refractivity contribution in [3.8, 4) is 0 Å². The van der Waals surface area contributed by atoms with Crippen LogP contribution in [0.2, 0.25) is 0 Å². The van der Waals surface area contributed by atoms with Gasteiger partial charge in [0.25, 0.3) is 0 Å². The largest absolute Gasteiger partial charge is 0.330 e. The van der Waals surface area contributed by atoms with Crippen LogP contribution in [0.3, 0.4) is 0 Å². The van der Waals surface area contributed by atoms with Gasteiger partial charge in [-0.25, -0.2) is 0 Å². The van der Waals surface area contributed by atoms with E-state index >= 15 is 0 Å². The van der Waals surface area contributed by atoms with E-state index in [1.54, 1.807) is 0 Å².